The molecule has 0 aliphatic heterocycles. The van der Waals surface area contributed by atoms with E-state index in [0.717, 1.165) is 0 Å². The van der Waals surface area contributed by atoms with Gasteiger partial charge in [-0.2, -0.15) is 0 Å². The number of rotatable bonds is 4. The summed E-state index contributed by atoms with van der Waals surface area (Å²) in [5.74, 6) is 0. The SMILES string of the molecule is CON/C=C/OC1CCCCC1. The lowest BCUT2D eigenvalue weighted by Gasteiger charge is -2.20. The topological polar surface area (TPSA) is 30.5 Å². The van der Waals surface area contributed by atoms with Gasteiger partial charge < -0.3 is 4.74 Å². The minimum Gasteiger partial charge on any atom is -0.496 e. The number of ether oxygens (including phenoxy) is 1. The molecule has 0 amide bonds. The van der Waals surface area contributed by atoms with Gasteiger partial charge in [0.1, 0.15) is 6.26 Å². The van der Waals surface area contributed by atoms with Gasteiger partial charge >= 0.3 is 0 Å². The van der Waals surface area contributed by atoms with Crippen molar-refractivity contribution >= 4 is 0 Å². The van der Waals surface area contributed by atoms with Crippen molar-refractivity contribution in [3.05, 3.63) is 12.5 Å². The van der Waals surface area contributed by atoms with Gasteiger partial charge in [-0.3, -0.25) is 10.3 Å². The average molecular weight is 171 g/mol. The van der Waals surface area contributed by atoms with Gasteiger partial charge in [-0.1, -0.05) is 6.42 Å². The molecular formula is C9H17NO2. The van der Waals surface area contributed by atoms with E-state index in [4.69, 9.17) is 4.74 Å². The molecule has 3 heteroatoms. The second kappa shape index (κ2) is 5.89. The zero-order chi connectivity index (χ0) is 8.65. The Balaban J connectivity index is 2.04. The van der Waals surface area contributed by atoms with Crippen molar-refractivity contribution in [3.8, 4) is 0 Å². The van der Waals surface area contributed by atoms with E-state index in [1.165, 1.54) is 32.1 Å². The van der Waals surface area contributed by atoms with E-state index in [-0.39, 0.29) is 0 Å². The maximum Gasteiger partial charge on any atom is 0.101 e. The summed E-state index contributed by atoms with van der Waals surface area (Å²) in [6.45, 7) is 0. The molecule has 1 saturated carbocycles. The van der Waals surface area contributed by atoms with Crippen LogP contribution in [0.2, 0.25) is 0 Å². The molecule has 0 unspecified atom stereocenters. The molecule has 0 heterocycles. The number of hydrogen-bond acceptors (Lipinski definition) is 3. The fourth-order valence-electron chi connectivity index (χ4n) is 1.45. The standard InChI is InChI=1S/C9H17NO2/c1-11-10-7-8-12-9-5-3-2-4-6-9/h7-10H,2-6H2,1H3/b8-7+. The first-order chi connectivity index (χ1) is 5.93. The van der Waals surface area contributed by atoms with Gasteiger partial charge in [-0.25, -0.2) is 0 Å². The molecule has 0 saturated heterocycles. The molecule has 70 valence electrons. The zero-order valence-electron chi connectivity index (χ0n) is 7.58. The maximum absolute atomic E-state index is 5.46. The van der Waals surface area contributed by atoms with Crippen LogP contribution in [-0.2, 0) is 9.57 Å². The molecule has 1 aliphatic carbocycles. The van der Waals surface area contributed by atoms with Crippen molar-refractivity contribution in [1.82, 2.24) is 5.48 Å². The highest BCUT2D eigenvalue weighted by Crippen LogP contribution is 2.20. The summed E-state index contributed by atoms with van der Waals surface area (Å²) >= 11 is 0. The lowest BCUT2D eigenvalue weighted by molar-refractivity contribution is 0.0936. The van der Waals surface area contributed by atoms with Crippen LogP contribution in [0.25, 0.3) is 0 Å². The second-order valence-electron chi connectivity index (χ2n) is 3.02. The molecule has 0 aromatic rings. The molecule has 12 heavy (non-hydrogen) atoms. The van der Waals surface area contributed by atoms with Crippen LogP contribution in [0.5, 0.6) is 0 Å². The summed E-state index contributed by atoms with van der Waals surface area (Å²) in [5, 5.41) is 0. The van der Waals surface area contributed by atoms with Crippen LogP contribution < -0.4 is 5.48 Å². The predicted octanol–water partition coefficient (Wildman–Crippen LogP) is 1.96. The monoisotopic (exact) mass is 171 g/mol. The molecule has 0 radical (unpaired) electrons. The Bertz CT molecular complexity index is 130. The van der Waals surface area contributed by atoms with Gasteiger partial charge in [0.25, 0.3) is 0 Å². The summed E-state index contributed by atoms with van der Waals surface area (Å²) in [5.41, 5.74) is 2.58. The number of hydroxylamine groups is 1. The molecule has 1 fully saturated rings. The smallest absolute Gasteiger partial charge is 0.101 e. The van der Waals surface area contributed by atoms with Crippen LogP contribution in [-0.4, -0.2) is 13.2 Å². The van der Waals surface area contributed by atoms with Gasteiger partial charge in [-0.15, -0.1) is 0 Å². The fourth-order valence-corrected chi connectivity index (χ4v) is 1.45. The minimum atomic E-state index is 0.425. The van der Waals surface area contributed by atoms with E-state index in [2.05, 4.69) is 10.3 Å². The van der Waals surface area contributed by atoms with Gasteiger partial charge in [0.2, 0.25) is 0 Å². The van der Waals surface area contributed by atoms with Crippen molar-refractivity contribution in [3.63, 3.8) is 0 Å². The van der Waals surface area contributed by atoms with Crippen molar-refractivity contribution in [2.75, 3.05) is 7.11 Å². The minimum absolute atomic E-state index is 0.425. The normalized spacial score (nSPS) is 19.8. The van der Waals surface area contributed by atoms with Crippen LogP contribution in [0, 0.1) is 0 Å². The Morgan fingerprint density at radius 3 is 2.67 bits per heavy atom. The lowest BCUT2D eigenvalue weighted by Crippen LogP contribution is -2.14. The van der Waals surface area contributed by atoms with Gasteiger partial charge in [0, 0.05) is 0 Å². The molecule has 0 spiro atoms. The van der Waals surface area contributed by atoms with E-state index < -0.39 is 0 Å². The highest BCUT2D eigenvalue weighted by molar-refractivity contribution is 4.72. The molecule has 0 bridgehead atoms. The highest BCUT2D eigenvalue weighted by atomic mass is 16.6. The predicted molar refractivity (Wildman–Crippen MR) is 47.2 cm³/mol. The molecule has 0 aromatic heterocycles. The van der Waals surface area contributed by atoms with Crippen molar-refractivity contribution < 1.29 is 9.57 Å². The third-order valence-corrected chi connectivity index (χ3v) is 2.08. The summed E-state index contributed by atoms with van der Waals surface area (Å²) in [4.78, 5) is 4.61. The second-order valence-corrected chi connectivity index (χ2v) is 3.02. The number of nitrogens with one attached hydrogen (secondary N) is 1. The third-order valence-electron chi connectivity index (χ3n) is 2.08. The van der Waals surface area contributed by atoms with Crippen LogP contribution in [0.1, 0.15) is 32.1 Å². The molecular weight excluding hydrogens is 154 g/mol. The van der Waals surface area contributed by atoms with E-state index >= 15 is 0 Å². The summed E-state index contributed by atoms with van der Waals surface area (Å²) in [6, 6.07) is 0. The third kappa shape index (κ3) is 3.62. The Morgan fingerprint density at radius 2 is 2.00 bits per heavy atom. The van der Waals surface area contributed by atoms with Gasteiger partial charge in [0.15, 0.2) is 0 Å². The van der Waals surface area contributed by atoms with Crippen LogP contribution >= 0.6 is 0 Å². The maximum atomic E-state index is 5.46. The first-order valence-electron chi connectivity index (χ1n) is 4.52. The highest BCUT2D eigenvalue weighted by Gasteiger charge is 2.12. The van der Waals surface area contributed by atoms with Crippen LogP contribution in [0.3, 0.4) is 0 Å². The molecule has 3 nitrogen and oxygen atoms in total. The van der Waals surface area contributed by atoms with E-state index in [1.54, 1.807) is 19.6 Å². The first-order valence-corrected chi connectivity index (χ1v) is 4.52. The largest absolute Gasteiger partial charge is 0.496 e. The quantitative estimate of drug-likeness (QED) is 0.518. The molecule has 1 aliphatic rings. The van der Waals surface area contributed by atoms with Crippen molar-refractivity contribution in [2.45, 2.75) is 38.2 Å². The Hall–Kier alpha value is -0.700. The molecule has 0 atom stereocenters. The molecule has 1 N–H and O–H groups in total. The lowest BCUT2D eigenvalue weighted by atomic mass is 9.98. The molecule has 1 rings (SSSR count). The first kappa shape index (κ1) is 9.39. The van der Waals surface area contributed by atoms with Gasteiger partial charge in [-0.05, 0) is 25.7 Å². The summed E-state index contributed by atoms with van der Waals surface area (Å²) < 4.78 is 5.46. The van der Waals surface area contributed by atoms with Crippen LogP contribution in [0.15, 0.2) is 12.5 Å². The molecule has 0 aromatic carbocycles. The van der Waals surface area contributed by atoms with E-state index in [0.29, 0.717) is 6.10 Å². The zero-order valence-corrected chi connectivity index (χ0v) is 7.58. The summed E-state index contributed by atoms with van der Waals surface area (Å²) in [6.07, 6.45) is 10.1. The Kier molecular flexibility index (Phi) is 4.61. The number of hydrogen-bond donors (Lipinski definition) is 1. The average Bonchev–Trinajstić information content (AvgIpc) is 2.14. The summed E-state index contributed by atoms with van der Waals surface area (Å²) in [7, 11) is 1.57. The van der Waals surface area contributed by atoms with Crippen molar-refractivity contribution in [1.29, 1.82) is 0 Å². The van der Waals surface area contributed by atoms with Crippen molar-refractivity contribution in [2.24, 2.45) is 0 Å². The Morgan fingerprint density at radius 1 is 1.25 bits per heavy atom. The van der Waals surface area contributed by atoms with Crippen LogP contribution in [0.4, 0.5) is 0 Å². The van der Waals surface area contributed by atoms with Gasteiger partial charge in [0.05, 0.1) is 19.4 Å². The Labute approximate surface area is 73.7 Å². The fraction of sp³-hybridized carbons (Fsp3) is 0.778. The van der Waals surface area contributed by atoms with E-state index in [1.807, 2.05) is 0 Å². The van der Waals surface area contributed by atoms with E-state index in [9.17, 15) is 0 Å².